The summed E-state index contributed by atoms with van der Waals surface area (Å²) in [5, 5.41) is 24.9. The van der Waals surface area contributed by atoms with E-state index in [4.69, 9.17) is 73.7 Å². The second-order valence-electron chi connectivity index (χ2n) is 16.8. The van der Waals surface area contributed by atoms with Crippen molar-refractivity contribution in [3.05, 3.63) is 82.9 Å². The molecular formula is C43H48Cl3NO15. The number of rotatable bonds is 10. The van der Waals surface area contributed by atoms with Gasteiger partial charge in [0.2, 0.25) is 3.79 Å². The molecule has 1 saturated heterocycles. The molecule has 0 spiro atoms. The van der Waals surface area contributed by atoms with Crippen molar-refractivity contribution in [3.8, 4) is 0 Å². The standard InChI is InChI=1S/C43H48Cl3NO15/c1-21-26(59-37(53)31(50)30(47)24-13-9-7-10-14-24)18-42(55)35(61-36(52)25-15-11-8-12-16-25)33-40(6,34(51)32(58-22(2)48)29(21)39(42,4)5)27(60-38(54)57-20-43(44,45)46)17-28-41(33,19-56-28)62-23(3)49/h7-16,26-28,30-33,35,50,55H,17-20,47H2,1-6H3/t26-,27-,28+,30-,31+,32+,33-,35-,40+,41-,42+/m0/s1. The van der Waals surface area contributed by atoms with Crippen LogP contribution in [0.5, 0.6) is 0 Å². The van der Waals surface area contributed by atoms with Crippen LogP contribution in [0.1, 0.15) is 76.3 Å². The van der Waals surface area contributed by atoms with E-state index in [0.717, 1.165) is 13.8 Å². The number of benzene rings is 2. The van der Waals surface area contributed by atoms with E-state index in [1.54, 1.807) is 48.5 Å². The fourth-order valence-electron chi connectivity index (χ4n) is 9.67. The zero-order valence-corrected chi connectivity index (χ0v) is 36.9. The number of carbonyl (C=O) groups excluding carboxylic acids is 6. The van der Waals surface area contributed by atoms with Crippen molar-refractivity contribution < 1.29 is 72.1 Å². The number of fused-ring (bicyclic) bond motifs is 5. The average Bonchev–Trinajstić information content (AvgIpc) is 3.20. The summed E-state index contributed by atoms with van der Waals surface area (Å²) in [7, 11) is 0. The molecule has 0 radical (unpaired) electrons. The Morgan fingerprint density at radius 2 is 1.53 bits per heavy atom. The number of hydrogen-bond acceptors (Lipinski definition) is 16. The fraction of sp³-hybridized carbons (Fsp3) is 0.535. The van der Waals surface area contributed by atoms with Gasteiger partial charge < -0.3 is 49.1 Å². The number of nitrogens with two attached hydrogens (primary N) is 1. The molecule has 4 N–H and O–H groups in total. The van der Waals surface area contributed by atoms with E-state index >= 15 is 4.79 Å². The van der Waals surface area contributed by atoms with Gasteiger partial charge in [-0.3, -0.25) is 14.4 Å². The van der Waals surface area contributed by atoms with Gasteiger partial charge in [0.05, 0.1) is 29.5 Å². The van der Waals surface area contributed by atoms with Crippen molar-refractivity contribution in [2.45, 2.75) is 112 Å². The Balaban J connectivity index is 1.60. The molecule has 1 aliphatic heterocycles. The molecular weight excluding hydrogens is 877 g/mol. The van der Waals surface area contributed by atoms with Crippen LogP contribution in [-0.4, -0.2) is 111 Å². The molecule has 11 atom stereocenters. The van der Waals surface area contributed by atoms with Crippen LogP contribution in [0.15, 0.2) is 71.8 Å². The van der Waals surface area contributed by atoms with Crippen LogP contribution < -0.4 is 5.73 Å². The molecule has 2 aromatic rings. The lowest BCUT2D eigenvalue weighted by atomic mass is 9.44. The molecule has 1 heterocycles. The topological polar surface area (TPSA) is 234 Å². The van der Waals surface area contributed by atoms with Crippen LogP contribution in [0.2, 0.25) is 0 Å². The van der Waals surface area contributed by atoms with Gasteiger partial charge in [0, 0.05) is 32.1 Å². The van der Waals surface area contributed by atoms with Gasteiger partial charge in [0.15, 0.2) is 23.6 Å². The number of aliphatic hydroxyl groups excluding tert-OH is 1. The number of hydrogen-bond donors (Lipinski definition) is 3. The van der Waals surface area contributed by atoms with Gasteiger partial charge in [-0.05, 0) is 42.7 Å². The second kappa shape index (κ2) is 17.4. The van der Waals surface area contributed by atoms with Crippen molar-refractivity contribution in [1.82, 2.24) is 0 Å². The first-order chi connectivity index (χ1) is 28.9. The Labute approximate surface area is 372 Å². The average molecular weight is 925 g/mol. The van der Waals surface area contributed by atoms with Crippen LogP contribution >= 0.6 is 34.8 Å². The SMILES string of the molecule is CC(=O)O[C@H]1C(=O)[C@]2(C)[C@@H](OC(=O)OCC(Cl)(Cl)Cl)C[C@H]3OC[C@@]3(OC(C)=O)[C@H]2[C@H](OC(=O)c2ccccc2)[C@]2(O)C[C@H](OC(=O)[C@H](O)[C@@H](N)c3ccccc3)C(C)=C1C2(C)C. The molecule has 0 aromatic heterocycles. The smallest absolute Gasteiger partial charge is 0.456 e. The second-order valence-corrected chi connectivity index (χ2v) is 19.3. The molecule has 2 saturated carbocycles. The number of ether oxygens (including phenoxy) is 7. The van der Waals surface area contributed by atoms with E-state index in [-0.39, 0.29) is 23.1 Å². The van der Waals surface area contributed by atoms with Crippen LogP contribution in [0.3, 0.4) is 0 Å². The summed E-state index contributed by atoms with van der Waals surface area (Å²) in [6.45, 7) is 6.88. The number of Topliss-reactive ketones (excluding diaryl/α,β-unsaturated/α-hetero) is 1. The van der Waals surface area contributed by atoms with E-state index in [2.05, 4.69) is 0 Å². The van der Waals surface area contributed by atoms with E-state index < -0.39 is 130 Å². The Morgan fingerprint density at radius 1 is 0.919 bits per heavy atom. The van der Waals surface area contributed by atoms with Gasteiger partial charge in [-0.2, -0.15) is 0 Å². The van der Waals surface area contributed by atoms with E-state index in [1.807, 2.05) is 0 Å². The molecule has 2 bridgehead atoms. The molecule has 4 aliphatic rings. The predicted octanol–water partition coefficient (Wildman–Crippen LogP) is 4.80. The third-order valence-electron chi connectivity index (χ3n) is 12.8. The number of esters is 4. The molecule has 16 nitrogen and oxygen atoms in total. The minimum absolute atomic E-state index is 0.0207. The van der Waals surface area contributed by atoms with Crippen molar-refractivity contribution in [2.75, 3.05) is 13.2 Å². The minimum atomic E-state index is -2.46. The Hall–Kier alpha value is -4.29. The first kappa shape index (κ1) is 47.2. The fourth-order valence-corrected chi connectivity index (χ4v) is 9.84. The molecule has 3 fully saturated rings. The molecule has 6 rings (SSSR count). The lowest BCUT2D eigenvalue weighted by molar-refractivity contribution is -0.346. The van der Waals surface area contributed by atoms with Gasteiger partial charge in [-0.1, -0.05) is 97.2 Å². The van der Waals surface area contributed by atoms with Gasteiger partial charge >= 0.3 is 30.0 Å². The first-order valence-corrected chi connectivity index (χ1v) is 20.8. The monoisotopic (exact) mass is 923 g/mol. The van der Waals surface area contributed by atoms with Crippen LogP contribution in [-0.2, 0) is 52.3 Å². The van der Waals surface area contributed by atoms with Gasteiger partial charge in [-0.15, -0.1) is 0 Å². The van der Waals surface area contributed by atoms with Gasteiger partial charge in [0.1, 0.15) is 36.6 Å². The molecule has 336 valence electrons. The maximum Gasteiger partial charge on any atom is 0.508 e. The van der Waals surface area contributed by atoms with E-state index in [1.165, 1.54) is 39.8 Å². The van der Waals surface area contributed by atoms with Gasteiger partial charge in [0.25, 0.3) is 0 Å². The summed E-state index contributed by atoms with van der Waals surface area (Å²) in [6, 6.07) is 14.7. The summed E-state index contributed by atoms with van der Waals surface area (Å²) in [4.78, 5) is 83.7. The van der Waals surface area contributed by atoms with Crippen molar-refractivity contribution >= 4 is 70.6 Å². The van der Waals surface area contributed by atoms with Crippen molar-refractivity contribution in [1.29, 1.82) is 0 Å². The first-order valence-electron chi connectivity index (χ1n) is 19.7. The summed E-state index contributed by atoms with van der Waals surface area (Å²) in [5.74, 6) is -6.62. The molecule has 0 amide bonds. The summed E-state index contributed by atoms with van der Waals surface area (Å²) in [5.41, 5.74) is -1.49. The maximum absolute atomic E-state index is 15.9. The number of ketones is 1. The maximum atomic E-state index is 15.9. The highest BCUT2D eigenvalue weighted by Crippen LogP contribution is 2.65. The molecule has 62 heavy (non-hydrogen) atoms. The van der Waals surface area contributed by atoms with Crippen LogP contribution in [0.4, 0.5) is 4.79 Å². The van der Waals surface area contributed by atoms with Crippen molar-refractivity contribution in [3.63, 3.8) is 0 Å². The lowest BCUT2D eigenvalue weighted by Crippen LogP contribution is -2.82. The normalized spacial score (nSPS) is 32.2. The number of carbonyl (C=O) groups is 6. The van der Waals surface area contributed by atoms with E-state index in [0.29, 0.717) is 5.56 Å². The summed E-state index contributed by atoms with van der Waals surface area (Å²) in [6.07, 6.45) is -12.3. The third kappa shape index (κ3) is 8.42. The molecule has 2 aromatic carbocycles. The predicted molar refractivity (Wildman–Crippen MR) is 218 cm³/mol. The van der Waals surface area contributed by atoms with Crippen LogP contribution in [0, 0.1) is 16.7 Å². The largest absolute Gasteiger partial charge is 0.508 e. The highest BCUT2D eigenvalue weighted by molar-refractivity contribution is 6.67. The molecule has 0 unspecified atom stereocenters. The number of aliphatic hydroxyl groups is 2. The quantitative estimate of drug-likeness (QED) is 0.126. The van der Waals surface area contributed by atoms with E-state index in [9.17, 15) is 34.2 Å². The highest BCUT2D eigenvalue weighted by Gasteiger charge is 2.79. The Morgan fingerprint density at radius 3 is 2.08 bits per heavy atom. The lowest BCUT2D eigenvalue weighted by Gasteiger charge is -2.67. The zero-order chi connectivity index (χ0) is 45.7. The summed E-state index contributed by atoms with van der Waals surface area (Å²) >= 11 is 17.5. The molecule has 19 heteroatoms. The highest BCUT2D eigenvalue weighted by atomic mass is 35.6. The zero-order valence-electron chi connectivity index (χ0n) is 34.6. The summed E-state index contributed by atoms with van der Waals surface area (Å²) < 4.78 is 39.2. The minimum Gasteiger partial charge on any atom is -0.456 e. The van der Waals surface area contributed by atoms with Crippen molar-refractivity contribution in [2.24, 2.45) is 22.5 Å². The Bertz CT molecular complexity index is 2130. The number of alkyl halides is 3. The van der Waals surface area contributed by atoms with Crippen LogP contribution in [0.25, 0.3) is 0 Å². The molecule has 3 aliphatic carbocycles. The van der Waals surface area contributed by atoms with Gasteiger partial charge in [-0.25, -0.2) is 14.4 Å². The number of halogens is 3. The third-order valence-corrected chi connectivity index (χ3v) is 13.1. The Kier molecular flexibility index (Phi) is 13.2.